The molecule has 1 N–H and O–H groups in total. The number of carbonyl (C=O) groups is 1. The summed E-state index contributed by atoms with van der Waals surface area (Å²) in [5.74, 6) is 1.45. The summed E-state index contributed by atoms with van der Waals surface area (Å²) in [6, 6.07) is 3.86. The third-order valence-corrected chi connectivity index (χ3v) is 4.60. The molecule has 126 valence electrons. The summed E-state index contributed by atoms with van der Waals surface area (Å²) in [7, 11) is 0. The molecule has 2 aliphatic rings. The number of pyridine rings is 1. The second-order valence-electron chi connectivity index (χ2n) is 6.30. The molecule has 0 bridgehead atoms. The van der Waals surface area contributed by atoms with Crippen molar-refractivity contribution in [2.45, 2.75) is 26.2 Å². The lowest BCUT2D eigenvalue weighted by atomic mass is 10.1. The van der Waals surface area contributed by atoms with Crippen molar-refractivity contribution in [3.63, 3.8) is 0 Å². The van der Waals surface area contributed by atoms with Crippen molar-refractivity contribution in [3.8, 4) is 0 Å². The summed E-state index contributed by atoms with van der Waals surface area (Å²) >= 11 is 0. The van der Waals surface area contributed by atoms with Crippen LogP contribution in [0.4, 0.5) is 16.3 Å². The van der Waals surface area contributed by atoms with E-state index in [1.165, 1.54) is 12.8 Å². The third-order valence-electron chi connectivity index (χ3n) is 4.60. The van der Waals surface area contributed by atoms with Gasteiger partial charge in [0, 0.05) is 38.7 Å². The van der Waals surface area contributed by atoms with E-state index in [0.29, 0.717) is 12.5 Å². The predicted octanol–water partition coefficient (Wildman–Crippen LogP) is 2.57. The van der Waals surface area contributed by atoms with E-state index in [1.54, 1.807) is 6.20 Å². The fourth-order valence-electron chi connectivity index (χ4n) is 3.19. The SMILES string of the molecule is CCN(C[C@H]1CCOC1)C(=O)Nc1ccc(N2CCCC2)nc1. The minimum absolute atomic E-state index is 0.0601. The van der Waals surface area contributed by atoms with E-state index in [1.807, 2.05) is 24.0 Å². The van der Waals surface area contributed by atoms with Gasteiger partial charge in [-0.3, -0.25) is 0 Å². The molecule has 1 aromatic rings. The Morgan fingerprint density at radius 1 is 1.43 bits per heavy atom. The Labute approximate surface area is 137 Å². The van der Waals surface area contributed by atoms with Crippen LogP contribution in [0.25, 0.3) is 0 Å². The van der Waals surface area contributed by atoms with E-state index in [4.69, 9.17) is 4.74 Å². The Balaban J connectivity index is 1.55. The first-order valence-corrected chi connectivity index (χ1v) is 8.61. The van der Waals surface area contributed by atoms with Crippen molar-refractivity contribution in [2.24, 2.45) is 5.92 Å². The zero-order valence-electron chi connectivity index (χ0n) is 13.8. The number of nitrogens with zero attached hydrogens (tertiary/aromatic N) is 3. The van der Waals surface area contributed by atoms with Gasteiger partial charge in [0.25, 0.3) is 0 Å². The molecule has 2 aliphatic heterocycles. The number of nitrogens with one attached hydrogen (secondary N) is 1. The maximum atomic E-state index is 12.4. The smallest absolute Gasteiger partial charge is 0.321 e. The molecule has 2 fully saturated rings. The average molecular weight is 318 g/mol. The Bertz CT molecular complexity index is 508. The molecular formula is C17H26N4O2. The van der Waals surface area contributed by atoms with Gasteiger partial charge in [0.2, 0.25) is 0 Å². The van der Waals surface area contributed by atoms with Gasteiger partial charge in [0.05, 0.1) is 18.5 Å². The first-order valence-electron chi connectivity index (χ1n) is 8.61. The topological polar surface area (TPSA) is 57.7 Å². The number of amides is 2. The minimum atomic E-state index is -0.0601. The number of hydrogen-bond donors (Lipinski definition) is 1. The van der Waals surface area contributed by atoms with Crippen LogP contribution in [0.1, 0.15) is 26.2 Å². The van der Waals surface area contributed by atoms with Crippen molar-refractivity contribution >= 4 is 17.5 Å². The van der Waals surface area contributed by atoms with Crippen LogP contribution in [0.5, 0.6) is 0 Å². The van der Waals surface area contributed by atoms with Crippen molar-refractivity contribution in [3.05, 3.63) is 18.3 Å². The first-order chi connectivity index (χ1) is 11.3. The summed E-state index contributed by atoms with van der Waals surface area (Å²) in [6.07, 6.45) is 5.25. The fourth-order valence-corrected chi connectivity index (χ4v) is 3.19. The normalized spacial score (nSPS) is 20.7. The van der Waals surface area contributed by atoms with Gasteiger partial charge in [-0.15, -0.1) is 0 Å². The highest BCUT2D eigenvalue weighted by Gasteiger charge is 2.21. The molecule has 0 saturated carbocycles. The average Bonchev–Trinajstić information content (AvgIpc) is 3.27. The molecule has 0 radical (unpaired) electrons. The van der Waals surface area contributed by atoms with E-state index in [-0.39, 0.29) is 6.03 Å². The van der Waals surface area contributed by atoms with Gasteiger partial charge >= 0.3 is 6.03 Å². The van der Waals surface area contributed by atoms with Crippen molar-refractivity contribution < 1.29 is 9.53 Å². The van der Waals surface area contributed by atoms with E-state index >= 15 is 0 Å². The molecule has 0 unspecified atom stereocenters. The Hall–Kier alpha value is -1.82. The van der Waals surface area contributed by atoms with Gasteiger partial charge in [-0.25, -0.2) is 9.78 Å². The third kappa shape index (κ3) is 4.13. The molecule has 3 heterocycles. The van der Waals surface area contributed by atoms with Crippen LogP contribution >= 0.6 is 0 Å². The number of anilines is 2. The Morgan fingerprint density at radius 3 is 2.87 bits per heavy atom. The largest absolute Gasteiger partial charge is 0.381 e. The van der Waals surface area contributed by atoms with E-state index in [9.17, 15) is 4.79 Å². The minimum Gasteiger partial charge on any atom is -0.381 e. The van der Waals surface area contributed by atoms with E-state index < -0.39 is 0 Å². The number of rotatable bonds is 5. The first kappa shape index (κ1) is 16.1. The number of carbonyl (C=O) groups excluding carboxylic acids is 1. The lowest BCUT2D eigenvalue weighted by molar-refractivity contribution is 0.171. The van der Waals surface area contributed by atoms with Crippen LogP contribution in [0.15, 0.2) is 18.3 Å². The van der Waals surface area contributed by atoms with Crippen LogP contribution < -0.4 is 10.2 Å². The highest BCUT2D eigenvalue weighted by atomic mass is 16.5. The molecular weight excluding hydrogens is 292 g/mol. The zero-order chi connectivity index (χ0) is 16.1. The van der Waals surface area contributed by atoms with Gasteiger partial charge in [0.15, 0.2) is 0 Å². The van der Waals surface area contributed by atoms with E-state index in [2.05, 4.69) is 15.2 Å². The standard InChI is InChI=1S/C17H26N4O2/c1-2-20(12-14-7-10-23-13-14)17(22)19-15-5-6-16(18-11-15)21-8-3-4-9-21/h5-6,11,14H,2-4,7-10,12-13H2,1H3,(H,19,22)/t14-/m1/s1. The molecule has 0 spiro atoms. The van der Waals surface area contributed by atoms with Crippen molar-refractivity contribution in [2.75, 3.05) is 49.6 Å². The molecule has 0 aliphatic carbocycles. The Kier molecular flexibility index (Phi) is 5.33. The second kappa shape index (κ2) is 7.64. The Morgan fingerprint density at radius 2 is 2.26 bits per heavy atom. The van der Waals surface area contributed by atoms with Crippen LogP contribution in [-0.2, 0) is 4.74 Å². The molecule has 6 heteroatoms. The lowest BCUT2D eigenvalue weighted by Gasteiger charge is -2.24. The van der Waals surface area contributed by atoms with Gasteiger partial charge in [0.1, 0.15) is 5.82 Å². The molecule has 1 atom stereocenters. The molecule has 3 rings (SSSR count). The maximum Gasteiger partial charge on any atom is 0.321 e. The van der Waals surface area contributed by atoms with E-state index in [0.717, 1.165) is 50.8 Å². The van der Waals surface area contributed by atoms with Crippen molar-refractivity contribution in [1.29, 1.82) is 0 Å². The molecule has 2 saturated heterocycles. The highest BCUT2D eigenvalue weighted by Crippen LogP contribution is 2.19. The van der Waals surface area contributed by atoms with Crippen LogP contribution in [0, 0.1) is 5.92 Å². The number of hydrogen-bond acceptors (Lipinski definition) is 4. The number of urea groups is 1. The maximum absolute atomic E-state index is 12.4. The zero-order valence-corrected chi connectivity index (χ0v) is 13.8. The second-order valence-corrected chi connectivity index (χ2v) is 6.30. The van der Waals surface area contributed by atoms with Gasteiger partial charge < -0.3 is 19.9 Å². The lowest BCUT2D eigenvalue weighted by Crippen LogP contribution is -2.38. The molecule has 2 amide bonds. The van der Waals surface area contributed by atoms with Gasteiger partial charge in [-0.1, -0.05) is 0 Å². The molecule has 6 nitrogen and oxygen atoms in total. The van der Waals surface area contributed by atoms with Crippen molar-refractivity contribution in [1.82, 2.24) is 9.88 Å². The number of aromatic nitrogens is 1. The fraction of sp³-hybridized carbons (Fsp3) is 0.647. The van der Waals surface area contributed by atoms with Gasteiger partial charge in [-0.2, -0.15) is 0 Å². The van der Waals surface area contributed by atoms with Gasteiger partial charge in [-0.05, 0) is 38.3 Å². The number of ether oxygens (including phenoxy) is 1. The summed E-state index contributed by atoms with van der Waals surface area (Å²) < 4.78 is 5.39. The molecule has 0 aromatic carbocycles. The van der Waals surface area contributed by atoms with Crippen LogP contribution in [0.3, 0.4) is 0 Å². The quantitative estimate of drug-likeness (QED) is 0.906. The highest BCUT2D eigenvalue weighted by molar-refractivity contribution is 5.89. The molecule has 1 aromatic heterocycles. The summed E-state index contributed by atoms with van der Waals surface area (Å²) in [4.78, 5) is 21.0. The van der Waals surface area contributed by atoms with Crippen LogP contribution in [0.2, 0.25) is 0 Å². The monoisotopic (exact) mass is 318 g/mol. The van der Waals surface area contributed by atoms with Crippen LogP contribution in [-0.4, -0.2) is 55.3 Å². The summed E-state index contributed by atoms with van der Waals surface area (Å²) in [5.41, 5.74) is 0.749. The summed E-state index contributed by atoms with van der Waals surface area (Å²) in [5, 5.41) is 2.95. The molecule has 23 heavy (non-hydrogen) atoms. The predicted molar refractivity (Wildman–Crippen MR) is 90.9 cm³/mol. The summed E-state index contributed by atoms with van der Waals surface area (Å²) in [6.45, 7) is 7.17.